The number of rotatable bonds is 4. The molecule has 3 heterocycles. The average Bonchev–Trinajstić information content (AvgIpc) is 2.92. The molecule has 3 N–H and O–H groups in total. The number of aliphatic hydroxyl groups excluding tert-OH is 1. The Hall–Kier alpha value is -2.41. The summed E-state index contributed by atoms with van der Waals surface area (Å²) in [6.07, 6.45) is 2.42. The molecule has 1 aliphatic rings. The van der Waals surface area contributed by atoms with E-state index in [1.165, 1.54) is 5.69 Å². The lowest BCUT2D eigenvalue weighted by Gasteiger charge is -2.29. The van der Waals surface area contributed by atoms with Gasteiger partial charge in [0.25, 0.3) is 0 Å². The maximum atomic E-state index is 11.3. The molecular formula is C15H19N5O2. The van der Waals surface area contributed by atoms with E-state index in [0.717, 1.165) is 30.9 Å². The van der Waals surface area contributed by atoms with Gasteiger partial charge in [0.15, 0.2) is 0 Å². The number of aromatic nitrogens is 3. The van der Waals surface area contributed by atoms with Crippen molar-refractivity contribution >= 4 is 11.7 Å². The Morgan fingerprint density at radius 2 is 2.32 bits per heavy atom. The summed E-state index contributed by atoms with van der Waals surface area (Å²) in [4.78, 5) is 17.7. The zero-order chi connectivity index (χ0) is 15.7. The van der Waals surface area contributed by atoms with Crippen LogP contribution in [0.25, 0.3) is 0 Å². The minimum absolute atomic E-state index is 0.0715. The molecule has 0 aromatic carbocycles. The molecule has 0 bridgehead atoms. The van der Waals surface area contributed by atoms with Gasteiger partial charge >= 0.3 is 0 Å². The third kappa shape index (κ3) is 2.43. The van der Waals surface area contributed by atoms with E-state index < -0.39 is 5.91 Å². The number of primary amides is 1. The molecule has 7 heteroatoms. The number of carbonyl (C=O) groups excluding carboxylic acids is 1. The van der Waals surface area contributed by atoms with Gasteiger partial charge in [-0.25, -0.2) is 4.98 Å². The highest BCUT2D eigenvalue weighted by molar-refractivity contribution is 5.93. The third-order valence-corrected chi connectivity index (χ3v) is 4.02. The zero-order valence-electron chi connectivity index (χ0n) is 12.5. The van der Waals surface area contributed by atoms with Gasteiger partial charge in [0, 0.05) is 49.1 Å². The number of aliphatic hydroxyl groups is 1. The number of nitrogens with zero attached hydrogens (tertiary/aromatic N) is 4. The fraction of sp³-hybridized carbons (Fsp3) is 0.400. The van der Waals surface area contributed by atoms with E-state index in [0.29, 0.717) is 17.8 Å². The monoisotopic (exact) mass is 301 g/mol. The van der Waals surface area contributed by atoms with E-state index in [2.05, 4.69) is 15.0 Å². The number of carbonyl (C=O) groups is 1. The second-order valence-corrected chi connectivity index (χ2v) is 5.28. The van der Waals surface area contributed by atoms with Crippen LogP contribution in [-0.4, -0.2) is 32.3 Å². The van der Waals surface area contributed by atoms with Gasteiger partial charge in [0.1, 0.15) is 5.82 Å². The fourth-order valence-corrected chi connectivity index (χ4v) is 2.89. The second kappa shape index (κ2) is 5.76. The number of aryl methyl sites for hydroxylation is 1. The van der Waals surface area contributed by atoms with E-state index >= 15 is 0 Å². The van der Waals surface area contributed by atoms with E-state index in [1.807, 2.05) is 11.6 Å². The first kappa shape index (κ1) is 14.5. The summed E-state index contributed by atoms with van der Waals surface area (Å²) in [5.74, 6) is 0.256. The quantitative estimate of drug-likeness (QED) is 0.854. The molecule has 0 saturated heterocycles. The summed E-state index contributed by atoms with van der Waals surface area (Å²) in [5.41, 5.74) is 8.72. The number of hydrogen-bond donors (Lipinski definition) is 2. The van der Waals surface area contributed by atoms with Crippen LogP contribution in [0.4, 0.5) is 5.82 Å². The van der Waals surface area contributed by atoms with Crippen molar-refractivity contribution in [3.05, 3.63) is 40.8 Å². The topological polar surface area (TPSA) is 97.3 Å². The van der Waals surface area contributed by atoms with Gasteiger partial charge in [-0.2, -0.15) is 5.10 Å². The van der Waals surface area contributed by atoms with Crippen molar-refractivity contribution in [3.8, 4) is 0 Å². The highest BCUT2D eigenvalue weighted by Crippen LogP contribution is 2.26. The summed E-state index contributed by atoms with van der Waals surface area (Å²) in [6.45, 7) is 4.17. The summed E-state index contributed by atoms with van der Waals surface area (Å²) < 4.78 is 1.95. The molecule has 0 unspecified atom stereocenters. The minimum atomic E-state index is -0.462. The van der Waals surface area contributed by atoms with Crippen LogP contribution in [0.2, 0.25) is 0 Å². The van der Waals surface area contributed by atoms with Crippen molar-refractivity contribution in [2.24, 2.45) is 5.73 Å². The SMILES string of the molecule is CCn1nc(CO)c2c1CCN(c1cc(C(N)=O)ccn1)C2. The first-order valence-corrected chi connectivity index (χ1v) is 7.33. The van der Waals surface area contributed by atoms with Crippen molar-refractivity contribution in [1.29, 1.82) is 0 Å². The number of hydrogen-bond acceptors (Lipinski definition) is 5. The number of pyridine rings is 1. The molecule has 0 radical (unpaired) electrons. The van der Waals surface area contributed by atoms with Gasteiger partial charge in [0.2, 0.25) is 5.91 Å². The summed E-state index contributed by atoms with van der Waals surface area (Å²) in [6, 6.07) is 3.31. The number of nitrogens with two attached hydrogens (primary N) is 1. The maximum absolute atomic E-state index is 11.3. The van der Waals surface area contributed by atoms with Gasteiger partial charge < -0.3 is 15.7 Å². The van der Waals surface area contributed by atoms with Gasteiger partial charge in [-0.05, 0) is 19.1 Å². The highest BCUT2D eigenvalue weighted by Gasteiger charge is 2.25. The molecule has 0 atom stereocenters. The highest BCUT2D eigenvalue weighted by atomic mass is 16.3. The Labute approximate surface area is 128 Å². The lowest BCUT2D eigenvalue weighted by molar-refractivity contribution is 0.1000. The van der Waals surface area contributed by atoms with Crippen LogP contribution >= 0.6 is 0 Å². The van der Waals surface area contributed by atoms with Crippen LogP contribution in [0.1, 0.15) is 34.2 Å². The van der Waals surface area contributed by atoms with Crippen LogP contribution in [-0.2, 0) is 26.1 Å². The largest absolute Gasteiger partial charge is 0.390 e. The third-order valence-electron chi connectivity index (χ3n) is 4.02. The van der Waals surface area contributed by atoms with Crippen LogP contribution in [0.15, 0.2) is 18.3 Å². The predicted molar refractivity (Wildman–Crippen MR) is 81.3 cm³/mol. The fourth-order valence-electron chi connectivity index (χ4n) is 2.89. The molecule has 0 saturated carbocycles. The van der Waals surface area contributed by atoms with Crippen LogP contribution in [0.5, 0.6) is 0 Å². The molecular weight excluding hydrogens is 282 g/mol. The van der Waals surface area contributed by atoms with Gasteiger partial charge in [-0.15, -0.1) is 0 Å². The number of anilines is 1. The van der Waals surface area contributed by atoms with Crippen LogP contribution < -0.4 is 10.6 Å². The second-order valence-electron chi connectivity index (χ2n) is 5.28. The summed E-state index contributed by atoms with van der Waals surface area (Å²) in [7, 11) is 0. The molecule has 2 aromatic heterocycles. The van der Waals surface area contributed by atoms with Gasteiger partial charge in [0.05, 0.1) is 12.3 Å². The van der Waals surface area contributed by atoms with E-state index in [9.17, 15) is 9.90 Å². The number of fused-ring (bicyclic) bond motifs is 1. The smallest absolute Gasteiger partial charge is 0.248 e. The average molecular weight is 301 g/mol. The molecule has 7 nitrogen and oxygen atoms in total. The zero-order valence-corrected chi connectivity index (χ0v) is 12.5. The lowest BCUT2D eigenvalue weighted by Crippen LogP contribution is -2.32. The van der Waals surface area contributed by atoms with Crippen LogP contribution in [0, 0.1) is 0 Å². The van der Waals surface area contributed by atoms with E-state index in [4.69, 9.17) is 5.73 Å². The Morgan fingerprint density at radius 1 is 1.50 bits per heavy atom. The van der Waals surface area contributed by atoms with Crippen molar-refractivity contribution in [1.82, 2.24) is 14.8 Å². The van der Waals surface area contributed by atoms with Crippen molar-refractivity contribution < 1.29 is 9.90 Å². The van der Waals surface area contributed by atoms with E-state index in [1.54, 1.807) is 18.3 Å². The van der Waals surface area contributed by atoms with Gasteiger partial charge in [-0.1, -0.05) is 0 Å². The molecule has 0 spiro atoms. The van der Waals surface area contributed by atoms with Crippen molar-refractivity contribution in [2.45, 2.75) is 33.0 Å². The molecule has 1 amide bonds. The Morgan fingerprint density at radius 3 is 3.00 bits per heavy atom. The molecule has 3 rings (SSSR count). The standard InChI is InChI=1S/C15H19N5O2/c1-2-20-13-4-6-19(8-11(13)12(9-21)18-20)14-7-10(15(16)22)3-5-17-14/h3,5,7,21H,2,4,6,8-9H2,1H3,(H2,16,22). The molecule has 116 valence electrons. The molecule has 22 heavy (non-hydrogen) atoms. The lowest BCUT2D eigenvalue weighted by atomic mass is 10.0. The predicted octanol–water partition coefficient (Wildman–Crippen LogP) is 0.452. The number of amides is 1. The van der Waals surface area contributed by atoms with Crippen molar-refractivity contribution in [2.75, 3.05) is 11.4 Å². The normalized spacial score (nSPS) is 14.0. The Kier molecular flexibility index (Phi) is 3.81. The van der Waals surface area contributed by atoms with Gasteiger partial charge in [-0.3, -0.25) is 9.48 Å². The van der Waals surface area contributed by atoms with Crippen molar-refractivity contribution in [3.63, 3.8) is 0 Å². The van der Waals surface area contributed by atoms with E-state index in [-0.39, 0.29) is 6.61 Å². The first-order valence-electron chi connectivity index (χ1n) is 7.33. The molecule has 0 aliphatic carbocycles. The Balaban J connectivity index is 1.92. The van der Waals surface area contributed by atoms with Crippen LogP contribution in [0.3, 0.4) is 0 Å². The minimum Gasteiger partial charge on any atom is -0.390 e. The summed E-state index contributed by atoms with van der Waals surface area (Å²) in [5, 5.41) is 14.0. The molecule has 0 fully saturated rings. The summed E-state index contributed by atoms with van der Waals surface area (Å²) >= 11 is 0. The first-order chi connectivity index (χ1) is 10.6. The Bertz CT molecular complexity index is 710. The molecule has 1 aliphatic heterocycles. The maximum Gasteiger partial charge on any atom is 0.248 e. The molecule has 2 aromatic rings.